The highest BCUT2D eigenvalue weighted by Crippen LogP contribution is 2.16. The molecule has 2 rings (SSSR count). The fraction of sp³-hybridized carbons (Fsp3) is 0.462. The summed E-state index contributed by atoms with van der Waals surface area (Å²) in [6.07, 6.45) is 1.74. The molecule has 1 aromatic rings. The fourth-order valence-electron chi connectivity index (χ4n) is 2.37. The fourth-order valence-corrected chi connectivity index (χ4v) is 2.37. The van der Waals surface area contributed by atoms with E-state index in [9.17, 15) is 10.1 Å². The first-order valence-corrected chi connectivity index (χ1v) is 6.64. The minimum absolute atomic E-state index is 0.0643. The smallest absolute Gasteiger partial charge is 0.251 e. The quantitative estimate of drug-likeness (QED) is 0.366. The van der Waals surface area contributed by atoms with Crippen LogP contribution < -0.4 is 11.2 Å². The van der Waals surface area contributed by atoms with Crippen molar-refractivity contribution >= 4 is 5.96 Å². The van der Waals surface area contributed by atoms with Gasteiger partial charge in [-0.2, -0.15) is 0 Å². The number of likely N-dealkylation sites (tertiary alicyclic amines) is 1. The van der Waals surface area contributed by atoms with E-state index in [1.165, 1.54) is 5.56 Å². The van der Waals surface area contributed by atoms with Gasteiger partial charge in [-0.25, -0.2) is 15.1 Å². The van der Waals surface area contributed by atoms with Crippen molar-refractivity contribution in [2.75, 3.05) is 13.1 Å². The zero-order chi connectivity index (χ0) is 14.4. The lowest BCUT2D eigenvalue weighted by Gasteiger charge is -2.30. The van der Waals surface area contributed by atoms with Gasteiger partial charge in [-0.3, -0.25) is 4.90 Å². The second-order valence-corrected chi connectivity index (χ2v) is 4.88. The van der Waals surface area contributed by atoms with Crippen LogP contribution in [0.3, 0.4) is 0 Å². The maximum Gasteiger partial charge on any atom is 0.251 e. The van der Waals surface area contributed by atoms with Gasteiger partial charge < -0.3 is 5.73 Å². The summed E-state index contributed by atoms with van der Waals surface area (Å²) in [5.74, 6) is -0.114. The first-order valence-electron chi connectivity index (χ1n) is 6.64. The highest BCUT2D eigenvalue weighted by atomic mass is 16.7. The summed E-state index contributed by atoms with van der Waals surface area (Å²) in [4.78, 5) is 16.7. The molecule has 1 aromatic carbocycles. The Bertz CT molecular complexity index is 469. The van der Waals surface area contributed by atoms with Crippen molar-refractivity contribution in [2.45, 2.75) is 25.4 Å². The van der Waals surface area contributed by atoms with Crippen LogP contribution in [-0.4, -0.2) is 35.0 Å². The molecule has 0 saturated carbocycles. The summed E-state index contributed by atoms with van der Waals surface area (Å²) in [6, 6.07) is 10.4. The van der Waals surface area contributed by atoms with Crippen LogP contribution in [-0.2, 0) is 6.54 Å². The monoisotopic (exact) mass is 277 g/mol. The number of piperidine rings is 1. The summed E-state index contributed by atoms with van der Waals surface area (Å²) in [6.45, 7) is 2.78. The third-order valence-corrected chi connectivity index (χ3v) is 3.33. The normalized spacial score (nSPS) is 17.9. The van der Waals surface area contributed by atoms with Crippen LogP contribution in [0.4, 0.5) is 0 Å². The molecule has 0 atom stereocenters. The van der Waals surface area contributed by atoms with Crippen molar-refractivity contribution in [1.82, 2.24) is 10.3 Å². The van der Waals surface area contributed by atoms with E-state index in [2.05, 4.69) is 22.0 Å². The van der Waals surface area contributed by atoms with E-state index in [4.69, 9.17) is 5.73 Å². The summed E-state index contributed by atoms with van der Waals surface area (Å²) in [5.41, 5.74) is 8.62. The molecule has 20 heavy (non-hydrogen) atoms. The van der Waals surface area contributed by atoms with E-state index in [0.29, 0.717) is 0 Å². The predicted octanol–water partition coefficient (Wildman–Crippen LogP) is 0.747. The van der Waals surface area contributed by atoms with Crippen molar-refractivity contribution < 1.29 is 5.03 Å². The number of nitrogens with two attached hydrogens (primary N) is 1. The van der Waals surface area contributed by atoms with Crippen molar-refractivity contribution in [3.63, 3.8) is 0 Å². The SMILES string of the molecule is NC(=NC1CCN(Cc2ccccc2)CC1)N[N+](=O)[O-]. The summed E-state index contributed by atoms with van der Waals surface area (Å²) >= 11 is 0. The molecule has 0 aromatic heterocycles. The van der Waals surface area contributed by atoms with Crippen LogP contribution in [0.5, 0.6) is 0 Å². The molecular formula is C13H19N5O2. The lowest BCUT2D eigenvalue weighted by atomic mass is 10.0. The van der Waals surface area contributed by atoms with Gasteiger partial charge in [0.05, 0.1) is 6.04 Å². The van der Waals surface area contributed by atoms with Gasteiger partial charge >= 0.3 is 0 Å². The van der Waals surface area contributed by atoms with Crippen molar-refractivity contribution in [2.24, 2.45) is 10.7 Å². The van der Waals surface area contributed by atoms with Crippen molar-refractivity contribution in [3.05, 3.63) is 46.0 Å². The van der Waals surface area contributed by atoms with Crippen molar-refractivity contribution in [3.8, 4) is 0 Å². The lowest BCUT2D eigenvalue weighted by molar-refractivity contribution is -0.525. The summed E-state index contributed by atoms with van der Waals surface area (Å²) in [7, 11) is 0. The number of hydrogen-bond donors (Lipinski definition) is 2. The molecule has 1 aliphatic heterocycles. The third kappa shape index (κ3) is 4.51. The molecule has 7 nitrogen and oxygen atoms in total. The molecule has 1 fully saturated rings. The van der Waals surface area contributed by atoms with Gasteiger partial charge in [0.1, 0.15) is 0 Å². The molecule has 7 heteroatoms. The molecule has 108 valence electrons. The van der Waals surface area contributed by atoms with Crippen molar-refractivity contribution in [1.29, 1.82) is 0 Å². The molecule has 1 aliphatic rings. The maximum absolute atomic E-state index is 10.2. The largest absolute Gasteiger partial charge is 0.365 e. The van der Waals surface area contributed by atoms with Gasteiger partial charge in [0.2, 0.25) is 0 Å². The Labute approximate surface area is 117 Å². The number of nitrogens with zero attached hydrogens (tertiary/aromatic N) is 3. The standard InChI is InChI=1S/C13H19N5O2/c14-13(16-18(19)20)15-12-6-8-17(9-7-12)10-11-4-2-1-3-5-11/h1-5,12H,6-10H2,(H3,14,15,16). The van der Waals surface area contributed by atoms with E-state index in [1.807, 2.05) is 23.6 Å². The Hall–Kier alpha value is -2.15. The maximum atomic E-state index is 10.2. The number of nitro groups is 1. The van der Waals surface area contributed by atoms with Crippen LogP contribution >= 0.6 is 0 Å². The minimum atomic E-state index is -0.691. The third-order valence-electron chi connectivity index (χ3n) is 3.33. The van der Waals surface area contributed by atoms with Crippen LogP contribution in [0.2, 0.25) is 0 Å². The van der Waals surface area contributed by atoms with E-state index in [1.54, 1.807) is 0 Å². The highest BCUT2D eigenvalue weighted by molar-refractivity contribution is 5.76. The first kappa shape index (κ1) is 14.3. The van der Waals surface area contributed by atoms with Gasteiger partial charge in [0.15, 0.2) is 5.03 Å². The van der Waals surface area contributed by atoms with Gasteiger partial charge in [0.25, 0.3) is 5.96 Å². The van der Waals surface area contributed by atoms with Gasteiger partial charge in [-0.15, -0.1) is 0 Å². The molecule has 0 radical (unpaired) electrons. The van der Waals surface area contributed by atoms with Crippen LogP contribution in [0.25, 0.3) is 0 Å². The summed E-state index contributed by atoms with van der Waals surface area (Å²) in [5, 5.41) is 9.54. The molecular weight excluding hydrogens is 258 g/mol. The molecule has 0 aliphatic carbocycles. The highest BCUT2D eigenvalue weighted by Gasteiger charge is 2.19. The molecule has 3 N–H and O–H groups in total. The lowest BCUT2D eigenvalue weighted by Crippen LogP contribution is -2.40. The number of hydrogen-bond acceptors (Lipinski definition) is 4. The molecule has 0 unspecified atom stereocenters. The minimum Gasteiger partial charge on any atom is -0.365 e. The van der Waals surface area contributed by atoms with Crippen LogP contribution in [0.1, 0.15) is 18.4 Å². The number of hydrazine groups is 1. The van der Waals surface area contributed by atoms with Crippen LogP contribution in [0, 0.1) is 10.1 Å². The Morgan fingerprint density at radius 1 is 1.40 bits per heavy atom. The second-order valence-electron chi connectivity index (χ2n) is 4.88. The Morgan fingerprint density at radius 2 is 2.05 bits per heavy atom. The van der Waals surface area contributed by atoms with Gasteiger partial charge in [-0.1, -0.05) is 35.8 Å². The van der Waals surface area contributed by atoms with E-state index in [-0.39, 0.29) is 12.0 Å². The molecule has 0 amide bonds. The molecule has 0 spiro atoms. The first-order chi connectivity index (χ1) is 9.63. The van der Waals surface area contributed by atoms with E-state index >= 15 is 0 Å². The molecule has 1 saturated heterocycles. The Kier molecular flexibility index (Phi) is 4.89. The van der Waals surface area contributed by atoms with Gasteiger partial charge in [-0.05, 0) is 18.4 Å². The molecule has 1 heterocycles. The number of nitrogens with one attached hydrogen (secondary N) is 1. The zero-order valence-electron chi connectivity index (χ0n) is 11.2. The van der Waals surface area contributed by atoms with E-state index in [0.717, 1.165) is 32.5 Å². The average molecular weight is 277 g/mol. The predicted molar refractivity (Wildman–Crippen MR) is 76.5 cm³/mol. The number of aliphatic imine (C=N–C) groups is 1. The van der Waals surface area contributed by atoms with E-state index < -0.39 is 5.03 Å². The number of benzene rings is 1. The Morgan fingerprint density at radius 3 is 2.65 bits per heavy atom. The molecule has 0 bridgehead atoms. The van der Waals surface area contributed by atoms with Gasteiger partial charge in [0, 0.05) is 19.6 Å². The summed E-state index contributed by atoms with van der Waals surface area (Å²) < 4.78 is 0. The second kappa shape index (κ2) is 6.85. The van der Waals surface area contributed by atoms with Crippen LogP contribution in [0.15, 0.2) is 35.3 Å². The number of guanidine groups is 1. The number of rotatable bonds is 4. The average Bonchev–Trinajstić information content (AvgIpc) is 2.41. The Balaban J connectivity index is 1.79. The topological polar surface area (TPSA) is 96.8 Å². The zero-order valence-corrected chi connectivity index (χ0v) is 11.2.